The number of hydrazone groups is 1. The highest BCUT2D eigenvalue weighted by Crippen LogP contribution is 2.09. The quantitative estimate of drug-likeness (QED) is 0.671. The van der Waals surface area contributed by atoms with Crippen LogP contribution in [-0.4, -0.2) is 42.8 Å². The molecule has 20 heavy (non-hydrogen) atoms. The molecule has 1 N–H and O–H groups in total. The van der Waals surface area contributed by atoms with E-state index in [1.54, 1.807) is 0 Å². The van der Waals surface area contributed by atoms with Gasteiger partial charge in [0.25, 0.3) is 5.91 Å². The predicted octanol–water partition coefficient (Wildman–Crippen LogP) is 1.64. The highest BCUT2D eigenvalue weighted by molar-refractivity contribution is 5.95. The van der Waals surface area contributed by atoms with Gasteiger partial charge in [-0.25, -0.2) is 5.43 Å². The van der Waals surface area contributed by atoms with Gasteiger partial charge in [0.2, 0.25) is 0 Å². The third kappa shape index (κ3) is 4.43. The molecule has 0 spiro atoms. The van der Waals surface area contributed by atoms with Crippen molar-refractivity contribution in [2.45, 2.75) is 20.4 Å². The summed E-state index contributed by atoms with van der Waals surface area (Å²) in [6.45, 7) is 8.11. The fourth-order valence-electron chi connectivity index (χ4n) is 2.01. The van der Waals surface area contributed by atoms with Gasteiger partial charge in [0, 0.05) is 30.9 Å². The second kappa shape index (κ2) is 7.17. The Morgan fingerprint density at radius 2 is 1.90 bits per heavy atom. The van der Waals surface area contributed by atoms with Crippen LogP contribution in [0.2, 0.25) is 0 Å². The lowest BCUT2D eigenvalue weighted by molar-refractivity contribution is 0.0342. The monoisotopic (exact) mass is 275 g/mol. The number of benzene rings is 1. The minimum Gasteiger partial charge on any atom is -0.379 e. The maximum atomic E-state index is 11.8. The average Bonchev–Trinajstić information content (AvgIpc) is 2.46. The van der Waals surface area contributed by atoms with Crippen molar-refractivity contribution in [1.29, 1.82) is 0 Å². The Morgan fingerprint density at radius 1 is 1.25 bits per heavy atom. The molecule has 1 saturated heterocycles. The minimum atomic E-state index is -0.177. The van der Waals surface area contributed by atoms with Crippen LogP contribution in [0.3, 0.4) is 0 Å². The Balaban J connectivity index is 1.91. The molecule has 1 aromatic rings. The van der Waals surface area contributed by atoms with Gasteiger partial charge in [0.1, 0.15) is 0 Å². The highest BCUT2D eigenvalue weighted by atomic mass is 16.5. The third-order valence-corrected chi connectivity index (χ3v) is 3.11. The molecule has 1 aliphatic heterocycles. The summed E-state index contributed by atoms with van der Waals surface area (Å²) in [7, 11) is 0. The van der Waals surface area contributed by atoms with Gasteiger partial charge in [-0.05, 0) is 31.5 Å². The number of nitrogens with zero attached hydrogens (tertiary/aromatic N) is 2. The second-order valence-corrected chi connectivity index (χ2v) is 5.09. The number of ether oxygens (including phenoxy) is 1. The van der Waals surface area contributed by atoms with Crippen LogP contribution >= 0.6 is 0 Å². The minimum absolute atomic E-state index is 0.177. The number of nitrogens with one attached hydrogen (secondary N) is 1. The van der Waals surface area contributed by atoms with E-state index >= 15 is 0 Å². The molecule has 0 saturated carbocycles. The van der Waals surface area contributed by atoms with Gasteiger partial charge in [0.05, 0.1) is 13.2 Å². The highest BCUT2D eigenvalue weighted by Gasteiger charge is 2.11. The standard InChI is InChI=1S/C15H21N3O2/c1-12(2)16-17-15(19)14-5-3-13(4-6-14)11-18-7-9-20-10-8-18/h3-6H,7-11H2,1-2H3,(H,17,19). The lowest BCUT2D eigenvalue weighted by Crippen LogP contribution is -2.35. The Morgan fingerprint density at radius 3 is 2.50 bits per heavy atom. The molecule has 1 aromatic carbocycles. The molecule has 0 aromatic heterocycles. The zero-order valence-electron chi connectivity index (χ0n) is 12.1. The zero-order chi connectivity index (χ0) is 14.4. The summed E-state index contributed by atoms with van der Waals surface area (Å²) in [5.74, 6) is -0.177. The molecule has 0 unspecified atom stereocenters. The number of hydrogen-bond donors (Lipinski definition) is 1. The van der Waals surface area contributed by atoms with Crippen molar-refractivity contribution in [2.24, 2.45) is 5.10 Å². The largest absolute Gasteiger partial charge is 0.379 e. The molecule has 1 amide bonds. The molecular formula is C15H21N3O2. The molecule has 0 radical (unpaired) electrons. The molecule has 0 bridgehead atoms. The summed E-state index contributed by atoms with van der Waals surface area (Å²) < 4.78 is 5.33. The topological polar surface area (TPSA) is 53.9 Å². The fourth-order valence-corrected chi connectivity index (χ4v) is 2.01. The summed E-state index contributed by atoms with van der Waals surface area (Å²) in [6, 6.07) is 7.66. The molecule has 108 valence electrons. The van der Waals surface area contributed by atoms with Crippen molar-refractivity contribution in [1.82, 2.24) is 10.3 Å². The lowest BCUT2D eigenvalue weighted by atomic mass is 10.1. The molecule has 1 fully saturated rings. The SMILES string of the molecule is CC(C)=NNC(=O)c1ccc(CN2CCOCC2)cc1. The summed E-state index contributed by atoms with van der Waals surface area (Å²) in [5.41, 5.74) is 5.18. The lowest BCUT2D eigenvalue weighted by Gasteiger charge is -2.26. The van der Waals surface area contributed by atoms with Gasteiger partial charge in [0.15, 0.2) is 0 Å². The molecule has 2 rings (SSSR count). The van der Waals surface area contributed by atoms with Crippen molar-refractivity contribution in [2.75, 3.05) is 26.3 Å². The van der Waals surface area contributed by atoms with E-state index in [2.05, 4.69) is 15.4 Å². The summed E-state index contributed by atoms with van der Waals surface area (Å²) >= 11 is 0. The normalized spacial score (nSPS) is 15.7. The van der Waals surface area contributed by atoms with Crippen molar-refractivity contribution >= 4 is 11.6 Å². The van der Waals surface area contributed by atoms with E-state index in [-0.39, 0.29) is 5.91 Å². The van der Waals surface area contributed by atoms with Crippen LogP contribution < -0.4 is 5.43 Å². The van der Waals surface area contributed by atoms with Gasteiger partial charge >= 0.3 is 0 Å². The molecule has 5 heteroatoms. The molecular weight excluding hydrogens is 254 g/mol. The summed E-state index contributed by atoms with van der Waals surface area (Å²) in [5, 5.41) is 3.91. The van der Waals surface area contributed by atoms with Crippen molar-refractivity contribution < 1.29 is 9.53 Å². The summed E-state index contributed by atoms with van der Waals surface area (Å²) in [4.78, 5) is 14.2. The summed E-state index contributed by atoms with van der Waals surface area (Å²) in [6.07, 6.45) is 0. The Hall–Kier alpha value is -1.72. The maximum absolute atomic E-state index is 11.8. The van der Waals surface area contributed by atoms with Crippen LogP contribution in [0.15, 0.2) is 29.4 Å². The van der Waals surface area contributed by atoms with Crippen LogP contribution in [0, 0.1) is 0 Å². The number of carbonyl (C=O) groups excluding carboxylic acids is 1. The first-order valence-corrected chi connectivity index (χ1v) is 6.85. The fraction of sp³-hybridized carbons (Fsp3) is 0.467. The van der Waals surface area contributed by atoms with E-state index in [0.29, 0.717) is 5.56 Å². The van der Waals surface area contributed by atoms with E-state index in [1.165, 1.54) is 5.56 Å². The smallest absolute Gasteiger partial charge is 0.271 e. The van der Waals surface area contributed by atoms with E-state index in [9.17, 15) is 4.79 Å². The van der Waals surface area contributed by atoms with E-state index in [0.717, 1.165) is 38.6 Å². The van der Waals surface area contributed by atoms with Gasteiger partial charge in [-0.1, -0.05) is 12.1 Å². The van der Waals surface area contributed by atoms with Crippen LogP contribution in [0.5, 0.6) is 0 Å². The van der Waals surface area contributed by atoms with Gasteiger partial charge in [-0.3, -0.25) is 9.69 Å². The van der Waals surface area contributed by atoms with Crippen LogP contribution in [-0.2, 0) is 11.3 Å². The third-order valence-electron chi connectivity index (χ3n) is 3.11. The Bertz CT molecular complexity index is 472. The van der Waals surface area contributed by atoms with Gasteiger partial charge in [-0.2, -0.15) is 5.10 Å². The van der Waals surface area contributed by atoms with Crippen molar-refractivity contribution in [3.8, 4) is 0 Å². The predicted molar refractivity (Wildman–Crippen MR) is 78.8 cm³/mol. The number of hydrogen-bond acceptors (Lipinski definition) is 4. The van der Waals surface area contributed by atoms with Crippen molar-refractivity contribution in [3.63, 3.8) is 0 Å². The Labute approximate surface area is 119 Å². The maximum Gasteiger partial charge on any atom is 0.271 e. The number of morpholine rings is 1. The number of rotatable bonds is 4. The first-order valence-electron chi connectivity index (χ1n) is 6.85. The number of carbonyl (C=O) groups is 1. The zero-order valence-corrected chi connectivity index (χ0v) is 12.1. The van der Waals surface area contributed by atoms with Crippen molar-refractivity contribution in [3.05, 3.63) is 35.4 Å². The molecule has 0 aliphatic carbocycles. The average molecular weight is 275 g/mol. The van der Waals surface area contributed by atoms with E-state index in [4.69, 9.17) is 4.74 Å². The van der Waals surface area contributed by atoms with E-state index in [1.807, 2.05) is 38.1 Å². The number of amides is 1. The van der Waals surface area contributed by atoms with Crippen LogP contribution in [0.25, 0.3) is 0 Å². The Kier molecular flexibility index (Phi) is 5.26. The first-order chi connectivity index (χ1) is 9.65. The molecule has 5 nitrogen and oxygen atoms in total. The van der Waals surface area contributed by atoms with E-state index < -0.39 is 0 Å². The van der Waals surface area contributed by atoms with Crippen LogP contribution in [0.1, 0.15) is 29.8 Å². The van der Waals surface area contributed by atoms with Gasteiger partial charge < -0.3 is 4.74 Å². The molecule has 1 heterocycles. The molecule has 0 atom stereocenters. The van der Waals surface area contributed by atoms with Crippen LogP contribution in [0.4, 0.5) is 0 Å². The van der Waals surface area contributed by atoms with Gasteiger partial charge in [-0.15, -0.1) is 0 Å². The first kappa shape index (κ1) is 14.7. The second-order valence-electron chi connectivity index (χ2n) is 5.09. The molecule has 1 aliphatic rings.